The van der Waals surface area contributed by atoms with Gasteiger partial charge in [0.05, 0.1) is 0 Å². The number of halogens is 2. The summed E-state index contributed by atoms with van der Waals surface area (Å²) in [6.45, 7) is -0.804. The predicted octanol–water partition coefficient (Wildman–Crippen LogP) is 0.981. The summed E-state index contributed by atoms with van der Waals surface area (Å²) in [6.07, 6.45) is -0.931. The number of alkyl halides is 1. The van der Waals surface area contributed by atoms with Gasteiger partial charge >= 0.3 is 6.03 Å². The number of ether oxygens (including phenoxy) is 1. The molecule has 100 valence electrons. The van der Waals surface area contributed by atoms with Crippen LogP contribution >= 0.6 is 0 Å². The zero-order chi connectivity index (χ0) is 13.6. The van der Waals surface area contributed by atoms with Crippen molar-refractivity contribution in [3.05, 3.63) is 29.6 Å². The Morgan fingerprint density at radius 1 is 1.42 bits per heavy atom. The van der Waals surface area contributed by atoms with E-state index in [1.165, 1.54) is 6.07 Å². The molecule has 0 aliphatic carbocycles. The molecule has 2 unspecified atom stereocenters. The van der Waals surface area contributed by atoms with Crippen LogP contribution in [0.4, 0.5) is 13.6 Å². The van der Waals surface area contributed by atoms with E-state index >= 15 is 0 Å². The number of carbonyl (C=O) groups excluding carboxylic acids is 2. The number of nitrogens with one attached hydrogen (secondary N) is 2. The number of benzene rings is 1. The first-order chi connectivity index (χ1) is 9.05. The lowest BCUT2D eigenvalue weighted by Gasteiger charge is -2.36. The second-order valence-electron chi connectivity index (χ2n) is 4.55. The average molecular weight is 268 g/mol. The third-order valence-electron chi connectivity index (χ3n) is 3.34. The summed E-state index contributed by atoms with van der Waals surface area (Å²) in [7, 11) is 0. The number of rotatable bonds is 1. The van der Waals surface area contributed by atoms with Gasteiger partial charge in [0, 0.05) is 12.0 Å². The summed E-state index contributed by atoms with van der Waals surface area (Å²) >= 11 is 0. The van der Waals surface area contributed by atoms with Gasteiger partial charge in [0.2, 0.25) is 0 Å². The first-order valence-corrected chi connectivity index (χ1v) is 5.71. The van der Waals surface area contributed by atoms with Crippen molar-refractivity contribution in [2.75, 3.05) is 6.67 Å². The fourth-order valence-corrected chi connectivity index (χ4v) is 2.52. The van der Waals surface area contributed by atoms with Crippen molar-refractivity contribution in [1.82, 2.24) is 10.6 Å². The molecular weight excluding hydrogens is 258 g/mol. The van der Waals surface area contributed by atoms with E-state index in [4.69, 9.17) is 4.74 Å². The highest BCUT2D eigenvalue weighted by Crippen LogP contribution is 2.41. The molecule has 0 saturated carbocycles. The molecule has 7 heteroatoms. The Hall–Kier alpha value is -2.18. The van der Waals surface area contributed by atoms with Gasteiger partial charge in [-0.2, -0.15) is 0 Å². The monoisotopic (exact) mass is 268 g/mol. The molecule has 2 aliphatic rings. The van der Waals surface area contributed by atoms with Crippen LogP contribution in [0.15, 0.2) is 18.2 Å². The van der Waals surface area contributed by atoms with E-state index in [1.807, 2.05) is 0 Å². The molecule has 1 fully saturated rings. The van der Waals surface area contributed by atoms with E-state index in [1.54, 1.807) is 0 Å². The molecule has 1 saturated heterocycles. The molecule has 2 atom stereocenters. The normalized spacial score (nSPS) is 28.6. The second kappa shape index (κ2) is 3.91. The number of urea groups is 1. The van der Waals surface area contributed by atoms with Gasteiger partial charge < -0.3 is 10.1 Å². The van der Waals surface area contributed by atoms with Crippen molar-refractivity contribution in [2.24, 2.45) is 0 Å². The Kier molecular flexibility index (Phi) is 2.44. The molecule has 0 radical (unpaired) electrons. The van der Waals surface area contributed by atoms with E-state index in [2.05, 4.69) is 10.6 Å². The van der Waals surface area contributed by atoms with Crippen molar-refractivity contribution in [1.29, 1.82) is 0 Å². The van der Waals surface area contributed by atoms with Crippen LogP contribution in [0, 0.1) is 5.82 Å². The smallest absolute Gasteiger partial charge is 0.322 e. The van der Waals surface area contributed by atoms with Crippen molar-refractivity contribution in [3.63, 3.8) is 0 Å². The first kappa shape index (κ1) is 11.9. The average Bonchev–Trinajstić information content (AvgIpc) is 2.65. The zero-order valence-electron chi connectivity index (χ0n) is 9.70. The van der Waals surface area contributed by atoms with Crippen LogP contribution in [-0.4, -0.2) is 24.7 Å². The molecule has 2 heterocycles. The van der Waals surface area contributed by atoms with Gasteiger partial charge in [-0.3, -0.25) is 10.1 Å². The summed E-state index contributed by atoms with van der Waals surface area (Å²) in [5, 5.41) is 4.55. The summed E-state index contributed by atoms with van der Waals surface area (Å²) in [5.74, 6) is -0.979. The molecule has 2 aliphatic heterocycles. The predicted molar refractivity (Wildman–Crippen MR) is 59.8 cm³/mol. The van der Waals surface area contributed by atoms with Crippen LogP contribution in [0.2, 0.25) is 0 Å². The summed E-state index contributed by atoms with van der Waals surface area (Å²) in [4.78, 5) is 23.3. The minimum absolute atomic E-state index is 0.0719. The van der Waals surface area contributed by atoms with Crippen LogP contribution in [-0.2, 0) is 10.3 Å². The lowest BCUT2D eigenvalue weighted by Crippen LogP contribution is -2.50. The summed E-state index contributed by atoms with van der Waals surface area (Å²) in [5.41, 5.74) is -1.25. The highest BCUT2D eigenvalue weighted by Gasteiger charge is 2.53. The largest absolute Gasteiger partial charge is 0.487 e. The molecule has 1 aromatic carbocycles. The highest BCUT2D eigenvalue weighted by molar-refractivity contribution is 6.07. The zero-order valence-corrected chi connectivity index (χ0v) is 9.70. The summed E-state index contributed by atoms with van der Waals surface area (Å²) in [6, 6.07) is 2.92. The topological polar surface area (TPSA) is 67.4 Å². The summed E-state index contributed by atoms with van der Waals surface area (Å²) < 4.78 is 31.6. The molecule has 5 nitrogen and oxygen atoms in total. The van der Waals surface area contributed by atoms with Crippen LogP contribution in [0.5, 0.6) is 5.75 Å². The molecule has 2 N–H and O–H groups in total. The molecule has 0 aromatic heterocycles. The van der Waals surface area contributed by atoms with Crippen LogP contribution in [0.25, 0.3) is 0 Å². The van der Waals surface area contributed by atoms with E-state index in [0.717, 1.165) is 12.1 Å². The molecular formula is C12H10F2N2O3. The Morgan fingerprint density at radius 3 is 2.84 bits per heavy atom. The Bertz CT molecular complexity index is 578. The lowest BCUT2D eigenvalue weighted by atomic mass is 9.82. The van der Waals surface area contributed by atoms with Crippen LogP contribution in [0.3, 0.4) is 0 Å². The van der Waals surface area contributed by atoms with E-state index in [9.17, 15) is 18.4 Å². The molecule has 1 spiro atoms. The Morgan fingerprint density at radius 2 is 2.21 bits per heavy atom. The van der Waals surface area contributed by atoms with Crippen molar-refractivity contribution in [3.8, 4) is 5.75 Å². The number of fused-ring (bicyclic) bond motifs is 2. The minimum Gasteiger partial charge on any atom is -0.487 e. The van der Waals surface area contributed by atoms with Crippen molar-refractivity contribution < 1.29 is 23.1 Å². The Labute approximate surface area is 106 Å². The van der Waals surface area contributed by atoms with E-state index in [0.29, 0.717) is 0 Å². The number of hydrogen-bond donors (Lipinski definition) is 2. The standard InChI is InChI=1S/C12H10F2N2O3/c13-5-7-4-12(10(17)15-11(18)16-12)8-3-6(14)1-2-9(8)19-7/h1-3,7H,4-5H2,(H2,15,16,17,18). The van der Waals surface area contributed by atoms with Gasteiger partial charge in [-0.1, -0.05) is 0 Å². The van der Waals surface area contributed by atoms with E-state index < -0.39 is 36.1 Å². The van der Waals surface area contributed by atoms with Gasteiger partial charge in [-0.15, -0.1) is 0 Å². The maximum absolute atomic E-state index is 13.4. The molecule has 1 aromatic rings. The van der Waals surface area contributed by atoms with Gasteiger partial charge in [0.25, 0.3) is 5.91 Å². The van der Waals surface area contributed by atoms with Gasteiger partial charge in [-0.05, 0) is 18.2 Å². The Balaban J connectivity index is 2.17. The third kappa shape index (κ3) is 1.65. The number of amides is 3. The van der Waals surface area contributed by atoms with Gasteiger partial charge in [0.15, 0.2) is 5.54 Å². The van der Waals surface area contributed by atoms with Crippen LogP contribution < -0.4 is 15.4 Å². The SMILES string of the molecule is O=C1NC(=O)C2(CC(CF)Oc3ccc(F)cc32)N1. The molecule has 3 amide bonds. The fraction of sp³-hybridized carbons (Fsp3) is 0.333. The van der Waals surface area contributed by atoms with E-state index in [-0.39, 0.29) is 17.7 Å². The number of carbonyl (C=O) groups is 2. The first-order valence-electron chi connectivity index (χ1n) is 5.71. The van der Waals surface area contributed by atoms with Gasteiger partial charge in [0.1, 0.15) is 24.3 Å². The third-order valence-corrected chi connectivity index (χ3v) is 3.34. The minimum atomic E-state index is -1.45. The lowest BCUT2D eigenvalue weighted by molar-refractivity contribution is -0.126. The highest BCUT2D eigenvalue weighted by atomic mass is 19.1. The maximum Gasteiger partial charge on any atom is 0.322 e. The number of hydrogen-bond acceptors (Lipinski definition) is 3. The van der Waals surface area contributed by atoms with Crippen molar-refractivity contribution in [2.45, 2.75) is 18.1 Å². The fourth-order valence-electron chi connectivity index (χ4n) is 2.52. The molecule has 19 heavy (non-hydrogen) atoms. The molecule has 3 rings (SSSR count). The quantitative estimate of drug-likeness (QED) is 0.746. The molecule has 0 bridgehead atoms. The van der Waals surface area contributed by atoms with Gasteiger partial charge in [-0.25, -0.2) is 13.6 Å². The second-order valence-corrected chi connectivity index (χ2v) is 4.55. The maximum atomic E-state index is 13.4. The van der Waals surface area contributed by atoms with Crippen LogP contribution in [0.1, 0.15) is 12.0 Å². The number of imide groups is 1. The van der Waals surface area contributed by atoms with Crippen molar-refractivity contribution >= 4 is 11.9 Å².